The van der Waals surface area contributed by atoms with Crippen molar-refractivity contribution in [1.29, 1.82) is 0 Å². The van der Waals surface area contributed by atoms with Gasteiger partial charge in [0.2, 0.25) is 0 Å². The molecule has 0 bridgehead atoms. The summed E-state index contributed by atoms with van der Waals surface area (Å²) in [6.45, 7) is 1.95. The minimum Gasteiger partial charge on any atom is -0.465 e. The highest BCUT2D eigenvalue weighted by atomic mass is 79.9. The highest BCUT2D eigenvalue weighted by Gasteiger charge is 2.14. The molecule has 0 fully saturated rings. The first kappa shape index (κ1) is 20.8. The van der Waals surface area contributed by atoms with Crippen molar-refractivity contribution in [3.05, 3.63) is 40.6 Å². The van der Waals surface area contributed by atoms with Crippen LogP contribution in [0.2, 0.25) is 0 Å². The van der Waals surface area contributed by atoms with Gasteiger partial charge in [-0.2, -0.15) is 0 Å². The first-order valence-corrected chi connectivity index (χ1v) is 10.4. The van der Waals surface area contributed by atoms with E-state index in [9.17, 15) is 9.59 Å². The number of thiophene rings is 2. The van der Waals surface area contributed by atoms with E-state index in [1.807, 2.05) is 19.1 Å². The first-order chi connectivity index (χ1) is 10.8. The lowest BCUT2D eigenvalue weighted by molar-refractivity contribution is 0.0596. The Labute approximate surface area is 167 Å². The third-order valence-corrected chi connectivity index (χ3v) is 7.32. The number of esters is 2. The van der Waals surface area contributed by atoms with Gasteiger partial charge in [0.15, 0.2) is 0 Å². The van der Waals surface area contributed by atoms with Crippen LogP contribution < -0.4 is 0 Å². The van der Waals surface area contributed by atoms with Gasteiger partial charge >= 0.3 is 11.9 Å². The van der Waals surface area contributed by atoms with Gasteiger partial charge in [0.05, 0.1) is 14.2 Å². The van der Waals surface area contributed by atoms with Gasteiger partial charge in [-0.05, 0) is 50.9 Å². The second-order valence-electron chi connectivity index (χ2n) is 4.04. The Morgan fingerprint density at radius 3 is 1.83 bits per heavy atom. The fourth-order valence-corrected chi connectivity index (χ4v) is 5.30. The zero-order valence-electron chi connectivity index (χ0n) is 12.4. The first-order valence-electron chi connectivity index (χ1n) is 6.10. The predicted octanol–water partition coefficient (Wildman–Crippen LogP) is 5.80. The largest absolute Gasteiger partial charge is 0.465 e. The molecule has 0 spiro atoms. The Morgan fingerprint density at radius 1 is 1.00 bits per heavy atom. The molecule has 0 unspecified atom stereocenters. The van der Waals surface area contributed by atoms with Crippen molar-refractivity contribution in [2.45, 2.75) is 12.3 Å². The molecule has 2 heterocycles. The molecule has 0 aliphatic carbocycles. The molecule has 0 saturated heterocycles. The molecule has 23 heavy (non-hydrogen) atoms. The summed E-state index contributed by atoms with van der Waals surface area (Å²) in [5.41, 5.74) is 0. The summed E-state index contributed by atoms with van der Waals surface area (Å²) in [6.07, 6.45) is 0. The van der Waals surface area contributed by atoms with Crippen LogP contribution in [0.3, 0.4) is 0 Å². The van der Waals surface area contributed by atoms with Crippen LogP contribution in [-0.4, -0.2) is 26.2 Å². The van der Waals surface area contributed by atoms with E-state index in [-0.39, 0.29) is 11.9 Å². The highest BCUT2D eigenvalue weighted by Crippen LogP contribution is 2.29. The van der Waals surface area contributed by atoms with Crippen molar-refractivity contribution in [3.8, 4) is 0 Å². The molecule has 0 aliphatic rings. The molecule has 0 aromatic carbocycles. The van der Waals surface area contributed by atoms with Gasteiger partial charge in [-0.15, -0.1) is 22.7 Å². The SMILES string of the molecule is COC(=O)c1sc(C)cc1Br.COC(=O)c1sc(CBr)cc1Br. The molecule has 9 heteroatoms. The molecule has 0 N–H and O–H groups in total. The van der Waals surface area contributed by atoms with Crippen molar-refractivity contribution >= 4 is 82.4 Å². The lowest BCUT2D eigenvalue weighted by atomic mass is 10.4. The van der Waals surface area contributed by atoms with Crippen molar-refractivity contribution in [1.82, 2.24) is 0 Å². The van der Waals surface area contributed by atoms with E-state index < -0.39 is 0 Å². The molecule has 0 atom stereocenters. The van der Waals surface area contributed by atoms with E-state index in [0.29, 0.717) is 9.75 Å². The Hall–Kier alpha value is -0.220. The van der Waals surface area contributed by atoms with Gasteiger partial charge in [-0.3, -0.25) is 0 Å². The number of methoxy groups -OCH3 is 2. The van der Waals surface area contributed by atoms with E-state index in [4.69, 9.17) is 0 Å². The minimum absolute atomic E-state index is 0.282. The fourth-order valence-electron chi connectivity index (χ4n) is 1.43. The van der Waals surface area contributed by atoms with E-state index in [0.717, 1.165) is 24.0 Å². The monoisotopic (exact) mass is 546 g/mol. The molecule has 2 aromatic rings. The van der Waals surface area contributed by atoms with Crippen LogP contribution in [0, 0.1) is 6.92 Å². The van der Waals surface area contributed by atoms with Crippen LogP contribution >= 0.6 is 70.5 Å². The zero-order chi connectivity index (χ0) is 17.6. The zero-order valence-corrected chi connectivity index (χ0v) is 18.8. The van der Waals surface area contributed by atoms with Crippen molar-refractivity contribution in [3.63, 3.8) is 0 Å². The lowest BCUT2D eigenvalue weighted by Gasteiger charge is -1.93. The molecule has 0 aliphatic heterocycles. The molecule has 2 aromatic heterocycles. The van der Waals surface area contributed by atoms with Crippen LogP contribution in [0.15, 0.2) is 21.1 Å². The van der Waals surface area contributed by atoms with Gasteiger partial charge in [-0.1, -0.05) is 15.9 Å². The molecule has 4 nitrogen and oxygen atoms in total. The third kappa shape index (κ3) is 5.97. The summed E-state index contributed by atoms with van der Waals surface area (Å²) in [6, 6.07) is 3.81. The molecular formula is C14H13Br3O4S2. The second-order valence-corrected chi connectivity index (χ2v) is 8.70. The number of carbonyl (C=O) groups is 2. The van der Waals surface area contributed by atoms with E-state index in [1.165, 1.54) is 36.9 Å². The fraction of sp³-hybridized carbons (Fsp3) is 0.286. The highest BCUT2D eigenvalue weighted by molar-refractivity contribution is 9.11. The summed E-state index contributed by atoms with van der Waals surface area (Å²) >= 11 is 12.7. The van der Waals surface area contributed by atoms with Crippen LogP contribution in [0.4, 0.5) is 0 Å². The summed E-state index contributed by atoms with van der Waals surface area (Å²) in [5, 5.41) is 0.757. The van der Waals surface area contributed by atoms with Crippen molar-refractivity contribution in [2.24, 2.45) is 0 Å². The number of aryl methyl sites for hydroxylation is 1. The van der Waals surface area contributed by atoms with E-state index in [2.05, 4.69) is 57.3 Å². The molecule has 0 saturated carbocycles. The van der Waals surface area contributed by atoms with Gasteiger partial charge in [0.1, 0.15) is 9.75 Å². The number of hydrogen-bond donors (Lipinski definition) is 0. The summed E-state index contributed by atoms with van der Waals surface area (Å²) in [7, 11) is 2.76. The Balaban J connectivity index is 0.000000231. The second kappa shape index (κ2) is 9.93. The maximum atomic E-state index is 11.1. The van der Waals surface area contributed by atoms with Crippen molar-refractivity contribution in [2.75, 3.05) is 14.2 Å². The summed E-state index contributed by atoms with van der Waals surface area (Å²) in [5.74, 6) is -0.575. The average Bonchev–Trinajstić information content (AvgIpc) is 3.08. The Kier molecular flexibility index (Phi) is 8.99. The Bertz CT molecular complexity index is 694. The summed E-state index contributed by atoms with van der Waals surface area (Å²) < 4.78 is 10.8. The number of hydrogen-bond acceptors (Lipinski definition) is 6. The maximum absolute atomic E-state index is 11.1. The smallest absolute Gasteiger partial charge is 0.349 e. The predicted molar refractivity (Wildman–Crippen MR) is 104 cm³/mol. The van der Waals surface area contributed by atoms with Crippen molar-refractivity contribution < 1.29 is 19.1 Å². The van der Waals surface area contributed by atoms with Crippen LogP contribution in [0.25, 0.3) is 0 Å². The number of alkyl halides is 1. The molecule has 2 rings (SSSR count). The number of ether oxygens (including phenoxy) is 2. The normalized spacial score (nSPS) is 9.83. The third-order valence-electron chi connectivity index (χ3n) is 2.42. The maximum Gasteiger partial charge on any atom is 0.349 e. The molecular weight excluding hydrogens is 536 g/mol. The quantitative estimate of drug-likeness (QED) is 0.359. The standard InChI is InChI=1S/C7H6Br2O2S.C7H7BrO2S/c1-11-7(10)6-5(9)2-4(3-8)12-6;1-4-3-5(8)6(11-4)7(9)10-2/h2H,3H2,1H3;3H,1-2H3. The average molecular weight is 549 g/mol. The van der Waals surface area contributed by atoms with Gasteiger partial charge in [0.25, 0.3) is 0 Å². The van der Waals surface area contributed by atoms with Gasteiger partial charge in [-0.25, -0.2) is 9.59 Å². The minimum atomic E-state index is -0.293. The lowest BCUT2D eigenvalue weighted by Crippen LogP contribution is -1.97. The molecule has 0 amide bonds. The van der Waals surface area contributed by atoms with E-state index in [1.54, 1.807) is 0 Å². The molecule has 0 radical (unpaired) electrons. The van der Waals surface area contributed by atoms with E-state index >= 15 is 0 Å². The van der Waals surface area contributed by atoms with Crippen LogP contribution in [0.5, 0.6) is 0 Å². The van der Waals surface area contributed by atoms with Crippen LogP contribution in [0.1, 0.15) is 29.1 Å². The number of carbonyl (C=O) groups excluding carboxylic acids is 2. The van der Waals surface area contributed by atoms with Gasteiger partial charge in [0, 0.05) is 24.0 Å². The van der Waals surface area contributed by atoms with Gasteiger partial charge < -0.3 is 9.47 Å². The van der Waals surface area contributed by atoms with Crippen LogP contribution in [-0.2, 0) is 14.8 Å². The molecule has 126 valence electrons. The number of rotatable bonds is 3. The number of halogens is 3. The Morgan fingerprint density at radius 2 is 1.48 bits per heavy atom. The topological polar surface area (TPSA) is 52.6 Å². The summed E-state index contributed by atoms with van der Waals surface area (Å²) in [4.78, 5) is 25.6.